The van der Waals surface area contributed by atoms with Crippen molar-refractivity contribution in [1.29, 1.82) is 0 Å². The van der Waals surface area contributed by atoms with Crippen molar-refractivity contribution in [2.45, 2.75) is 25.8 Å². The molecule has 2 aliphatic rings. The van der Waals surface area contributed by atoms with Gasteiger partial charge in [-0.05, 0) is 42.5 Å². The molecule has 140 valence electrons. The number of likely N-dealkylation sites (tertiary alicyclic amines) is 1. The van der Waals surface area contributed by atoms with E-state index in [0.717, 1.165) is 13.0 Å². The molecule has 0 aliphatic carbocycles. The maximum absolute atomic E-state index is 13.0. The highest BCUT2D eigenvalue weighted by Crippen LogP contribution is 2.26. The standard InChI is InChI=1S/C22H23ClN2O2/c23-20-8-4-3-7-19(20)22(27)24-12-10-17(11-13-24)21(26)25-14-9-16-5-1-2-6-18(16)15-25/h1-8,17H,9-15H2. The van der Waals surface area contributed by atoms with Crippen LogP contribution in [0.25, 0.3) is 0 Å². The molecule has 1 saturated heterocycles. The van der Waals surface area contributed by atoms with Gasteiger partial charge in [-0.3, -0.25) is 9.59 Å². The zero-order valence-electron chi connectivity index (χ0n) is 15.2. The Morgan fingerprint density at radius 2 is 1.52 bits per heavy atom. The molecule has 0 saturated carbocycles. The number of amides is 2. The van der Waals surface area contributed by atoms with Gasteiger partial charge in [-0.25, -0.2) is 0 Å². The topological polar surface area (TPSA) is 40.6 Å². The van der Waals surface area contributed by atoms with Crippen LogP contribution in [-0.4, -0.2) is 41.2 Å². The first-order chi connectivity index (χ1) is 13.1. The summed E-state index contributed by atoms with van der Waals surface area (Å²) in [4.78, 5) is 29.4. The van der Waals surface area contributed by atoms with Gasteiger partial charge < -0.3 is 9.80 Å². The summed E-state index contributed by atoms with van der Waals surface area (Å²) in [5.74, 6) is 0.193. The van der Waals surface area contributed by atoms with Crippen molar-refractivity contribution >= 4 is 23.4 Å². The van der Waals surface area contributed by atoms with E-state index >= 15 is 0 Å². The van der Waals surface area contributed by atoms with Crippen molar-refractivity contribution < 1.29 is 9.59 Å². The molecule has 0 atom stereocenters. The van der Waals surface area contributed by atoms with E-state index in [2.05, 4.69) is 18.2 Å². The zero-order valence-corrected chi connectivity index (χ0v) is 16.0. The molecule has 0 bridgehead atoms. The number of halogens is 1. The molecule has 0 radical (unpaired) electrons. The lowest BCUT2D eigenvalue weighted by Crippen LogP contribution is -2.45. The number of hydrogen-bond donors (Lipinski definition) is 0. The molecule has 2 aromatic rings. The second kappa shape index (κ2) is 7.73. The average Bonchev–Trinajstić information content (AvgIpc) is 2.73. The van der Waals surface area contributed by atoms with Gasteiger partial charge in [0.05, 0.1) is 10.6 Å². The summed E-state index contributed by atoms with van der Waals surface area (Å²) < 4.78 is 0. The molecule has 2 aromatic carbocycles. The quantitative estimate of drug-likeness (QED) is 0.793. The minimum absolute atomic E-state index is 0.00515. The van der Waals surface area contributed by atoms with E-state index in [0.29, 0.717) is 43.1 Å². The number of carbonyl (C=O) groups is 2. The number of carbonyl (C=O) groups excluding carboxylic acids is 2. The van der Waals surface area contributed by atoms with Gasteiger partial charge >= 0.3 is 0 Å². The first-order valence-corrected chi connectivity index (χ1v) is 9.90. The van der Waals surface area contributed by atoms with Crippen molar-refractivity contribution in [3.05, 3.63) is 70.2 Å². The average molecular weight is 383 g/mol. The van der Waals surface area contributed by atoms with Crippen LogP contribution in [0.15, 0.2) is 48.5 Å². The number of fused-ring (bicyclic) bond motifs is 1. The summed E-state index contributed by atoms with van der Waals surface area (Å²) in [6, 6.07) is 15.5. The molecule has 4 nitrogen and oxygen atoms in total. The molecule has 0 unspecified atom stereocenters. The van der Waals surface area contributed by atoms with Crippen LogP contribution in [0.2, 0.25) is 5.02 Å². The van der Waals surface area contributed by atoms with Crippen LogP contribution in [-0.2, 0) is 17.8 Å². The lowest BCUT2D eigenvalue weighted by atomic mass is 9.92. The van der Waals surface area contributed by atoms with Crippen LogP contribution in [0.1, 0.15) is 34.3 Å². The zero-order chi connectivity index (χ0) is 18.8. The summed E-state index contributed by atoms with van der Waals surface area (Å²) in [6.45, 7) is 2.69. The van der Waals surface area contributed by atoms with Crippen LogP contribution < -0.4 is 0 Å². The van der Waals surface area contributed by atoms with Gasteiger partial charge in [-0.1, -0.05) is 48.0 Å². The normalized spacial score (nSPS) is 17.5. The Kier molecular flexibility index (Phi) is 5.17. The predicted molar refractivity (Wildman–Crippen MR) is 106 cm³/mol. The maximum atomic E-state index is 13.0. The number of hydrogen-bond acceptors (Lipinski definition) is 2. The van der Waals surface area contributed by atoms with Gasteiger partial charge in [-0.15, -0.1) is 0 Å². The highest BCUT2D eigenvalue weighted by molar-refractivity contribution is 6.33. The van der Waals surface area contributed by atoms with E-state index < -0.39 is 0 Å². The number of rotatable bonds is 2. The number of benzene rings is 2. The molecule has 1 fully saturated rings. The lowest BCUT2D eigenvalue weighted by Gasteiger charge is -2.36. The van der Waals surface area contributed by atoms with E-state index in [4.69, 9.17) is 11.6 Å². The Hall–Kier alpha value is -2.33. The van der Waals surface area contributed by atoms with E-state index in [1.807, 2.05) is 28.0 Å². The molecule has 2 amide bonds. The van der Waals surface area contributed by atoms with Crippen molar-refractivity contribution in [2.75, 3.05) is 19.6 Å². The molecule has 2 aliphatic heterocycles. The van der Waals surface area contributed by atoms with Crippen LogP contribution in [0, 0.1) is 5.92 Å². The second-order valence-corrected chi connectivity index (χ2v) is 7.73. The molecule has 5 heteroatoms. The third-order valence-corrected chi connectivity index (χ3v) is 6.01. The van der Waals surface area contributed by atoms with Crippen molar-refractivity contribution in [1.82, 2.24) is 9.80 Å². The Morgan fingerprint density at radius 1 is 0.852 bits per heavy atom. The Balaban J connectivity index is 1.36. The van der Waals surface area contributed by atoms with E-state index in [-0.39, 0.29) is 17.7 Å². The van der Waals surface area contributed by atoms with Gasteiger partial charge in [0.1, 0.15) is 0 Å². The smallest absolute Gasteiger partial charge is 0.255 e. The highest BCUT2D eigenvalue weighted by atomic mass is 35.5. The largest absolute Gasteiger partial charge is 0.339 e. The Morgan fingerprint density at radius 3 is 2.26 bits per heavy atom. The summed E-state index contributed by atoms with van der Waals surface area (Å²) >= 11 is 6.15. The third-order valence-electron chi connectivity index (χ3n) is 5.68. The van der Waals surface area contributed by atoms with Crippen molar-refractivity contribution in [3.63, 3.8) is 0 Å². The summed E-state index contributed by atoms with van der Waals surface area (Å²) in [5.41, 5.74) is 3.14. The van der Waals surface area contributed by atoms with Crippen LogP contribution in [0.3, 0.4) is 0 Å². The van der Waals surface area contributed by atoms with Crippen LogP contribution >= 0.6 is 11.6 Å². The number of nitrogens with zero attached hydrogens (tertiary/aromatic N) is 2. The Bertz CT molecular complexity index is 859. The molecule has 0 spiro atoms. The summed E-state index contributed by atoms with van der Waals surface area (Å²) in [7, 11) is 0. The van der Waals surface area contributed by atoms with Gasteiger partial charge in [0, 0.05) is 32.1 Å². The van der Waals surface area contributed by atoms with Gasteiger partial charge in [0.2, 0.25) is 5.91 Å². The molecule has 4 rings (SSSR count). The second-order valence-electron chi connectivity index (χ2n) is 7.32. The van der Waals surface area contributed by atoms with Crippen molar-refractivity contribution in [2.24, 2.45) is 5.92 Å². The fourth-order valence-corrected chi connectivity index (χ4v) is 4.29. The fraction of sp³-hybridized carbons (Fsp3) is 0.364. The van der Waals surface area contributed by atoms with Crippen LogP contribution in [0.5, 0.6) is 0 Å². The molecule has 0 N–H and O–H groups in total. The van der Waals surface area contributed by atoms with E-state index in [1.165, 1.54) is 11.1 Å². The minimum atomic E-state index is -0.0431. The number of piperidine rings is 1. The molecule has 2 heterocycles. The molecule has 0 aromatic heterocycles. The lowest BCUT2D eigenvalue weighted by molar-refractivity contribution is -0.137. The van der Waals surface area contributed by atoms with Crippen molar-refractivity contribution in [3.8, 4) is 0 Å². The Labute approximate surface area is 164 Å². The monoisotopic (exact) mass is 382 g/mol. The molecule has 27 heavy (non-hydrogen) atoms. The first kappa shape index (κ1) is 18.1. The van der Waals surface area contributed by atoms with Crippen LogP contribution in [0.4, 0.5) is 0 Å². The van der Waals surface area contributed by atoms with Gasteiger partial charge in [0.15, 0.2) is 0 Å². The maximum Gasteiger partial charge on any atom is 0.255 e. The molecular formula is C22H23ClN2O2. The summed E-state index contributed by atoms with van der Waals surface area (Å²) in [6.07, 6.45) is 2.35. The van der Waals surface area contributed by atoms with E-state index in [1.54, 1.807) is 12.1 Å². The van der Waals surface area contributed by atoms with E-state index in [9.17, 15) is 9.59 Å². The van der Waals surface area contributed by atoms with Gasteiger partial charge in [0.25, 0.3) is 5.91 Å². The first-order valence-electron chi connectivity index (χ1n) is 9.53. The highest BCUT2D eigenvalue weighted by Gasteiger charge is 2.32. The summed E-state index contributed by atoms with van der Waals surface area (Å²) in [5, 5.41) is 0.479. The van der Waals surface area contributed by atoms with Gasteiger partial charge in [-0.2, -0.15) is 0 Å². The third kappa shape index (κ3) is 3.72. The fourth-order valence-electron chi connectivity index (χ4n) is 4.08. The molecular weight excluding hydrogens is 360 g/mol. The SMILES string of the molecule is O=C(c1ccccc1Cl)N1CCC(C(=O)N2CCc3ccccc3C2)CC1. The predicted octanol–water partition coefficient (Wildman–Crippen LogP) is 3.78. The minimum Gasteiger partial charge on any atom is -0.339 e.